The summed E-state index contributed by atoms with van der Waals surface area (Å²) in [5.74, 6) is 1.21. The molecule has 4 aromatic carbocycles. The van der Waals surface area contributed by atoms with Gasteiger partial charge in [0.2, 0.25) is 0 Å². The molecule has 2 aliphatic rings. The molecule has 2 aliphatic carbocycles. The zero-order valence-corrected chi connectivity index (χ0v) is 33.8. The van der Waals surface area contributed by atoms with Crippen LogP contribution in [0.5, 0.6) is 0 Å². The molecule has 0 amide bonds. The maximum absolute atomic E-state index is 2.60. The standard InChI is InChI=1S/C50H64Si/c1-5-9-11-13-19-37-25-29-39(30-26-37)43-21-15-23-45-47(43)33-41(17-7-3)49(45)35-51-36-50-42(18-8-4)34-48-44(22-16-24-46(48)50)40-31-27-38(28-32-40)20-14-12-10-6-2/h15-16,21-34,49-50H,5-14,17-20,35-36,51H2,1-4H3. The first kappa shape index (κ1) is 37.3. The van der Waals surface area contributed by atoms with Crippen LogP contribution in [0.3, 0.4) is 0 Å². The maximum atomic E-state index is 2.60. The summed E-state index contributed by atoms with van der Waals surface area (Å²) in [7, 11) is -0.292. The van der Waals surface area contributed by atoms with Gasteiger partial charge in [0.25, 0.3) is 0 Å². The topological polar surface area (TPSA) is 0 Å². The summed E-state index contributed by atoms with van der Waals surface area (Å²) in [6.45, 7) is 9.30. The Bertz CT molecular complexity index is 1620. The van der Waals surface area contributed by atoms with E-state index in [0.717, 1.165) is 0 Å². The fourth-order valence-corrected chi connectivity index (χ4v) is 11.5. The number of allylic oxidation sites excluding steroid dienone is 2. The minimum absolute atomic E-state index is 0.292. The Labute approximate surface area is 313 Å². The summed E-state index contributed by atoms with van der Waals surface area (Å²) in [5, 5.41) is 0. The number of hydrogen-bond acceptors (Lipinski definition) is 0. The van der Waals surface area contributed by atoms with Crippen LogP contribution < -0.4 is 0 Å². The molecule has 0 aliphatic heterocycles. The van der Waals surface area contributed by atoms with Gasteiger partial charge in [-0.25, -0.2) is 0 Å². The van der Waals surface area contributed by atoms with Gasteiger partial charge in [-0.3, -0.25) is 0 Å². The lowest BCUT2D eigenvalue weighted by atomic mass is 9.91. The number of fused-ring (bicyclic) bond motifs is 2. The SMILES string of the molecule is CCCCCCc1ccc(-c2cccc3c2C=C(CCC)C3C[SiH2]CC2C(CCC)=Cc3c(-c4ccc(CCCCCC)cc4)cccc32)cc1. The van der Waals surface area contributed by atoms with E-state index in [-0.39, 0.29) is 9.52 Å². The smallest absolute Gasteiger partial charge is 0.0218 e. The number of rotatable bonds is 20. The molecule has 268 valence electrons. The predicted molar refractivity (Wildman–Crippen MR) is 229 cm³/mol. The molecule has 0 spiro atoms. The molecular formula is C50H64Si. The summed E-state index contributed by atoms with van der Waals surface area (Å²) < 4.78 is 0. The molecule has 0 N–H and O–H groups in total. The fraction of sp³-hybridized carbons (Fsp3) is 0.440. The molecule has 0 saturated heterocycles. The average Bonchev–Trinajstić information content (AvgIpc) is 3.70. The van der Waals surface area contributed by atoms with Gasteiger partial charge in [-0.1, -0.05) is 199 Å². The summed E-state index contributed by atoms with van der Waals surface area (Å²) in [6.07, 6.45) is 23.1. The minimum Gasteiger partial charge on any atom is -0.0654 e. The molecule has 51 heavy (non-hydrogen) atoms. The van der Waals surface area contributed by atoms with Gasteiger partial charge in [-0.05, 0) is 94.2 Å². The molecular weight excluding hydrogens is 629 g/mol. The van der Waals surface area contributed by atoms with Crippen molar-refractivity contribution in [1.29, 1.82) is 0 Å². The van der Waals surface area contributed by atoms with E-state index in [1.165, 1.54) is 146 Å². The van der Waals surface area contributed by atoms with Crippen LogP contribution >= 0.6 is 0 Å². The maximum Gasteiger partial charge on any atom is 0.0218 e. The van der Waals surface area contributed by atoms with Crippen LogP contribution in [-0.2, 0) is 12.8 Å². The fourth-order valence-electron chi connectivity index (χ4n) is 9.06. The molecule has 0 radical (unpaired) electrons. The third-order valence-electron chi connectivity index (χ3n) is 11.8. The molecule has 4 aromatic rings. The van der Waals surface area contributed by atoms with Crippen molar-refractivity contribution >= 4 is 21.7 Å². The predicted octanol–water partition coefficient (Wildman–Crippen LogP) is 14.5. The molecule has 0 bridgehead atoms. The number of aryl methyl sites for hydroxylation is 2. The normalized spacial score (nSPS) is 16.5. The van der Waals surface area contributed by atoms with E-state index < -0.39 is 0 Å². The van der Waals surface area contributed by atoms with Crippen LogP contribution in [0.25, 0.3) is 34.4 Å². The molecule has 0 heterocycles. The Morgan fingerprint density at radius 2 is 0.863 bits per heavy atom. The largest absolute Gasteiger partial charge is 0.0654 e. The van der Waals surface area contributed by atoms with Gasteiger partial charge >= 0.3 is 0 Å². The lowest BCUT2D eigenvalue weighted by Crippen LogP contribution is -2.08. The molecule has 0 nitrogen and oxygen atoms in total. The Balaban J connectivity index is 1.16. The van der Waals surface area contributed by atoms with Gasteiger partial charge in [-0.15, -0.1) is 0 Å². The van der Waals surface area contributed by atoms with E-state index in [1.807, 2.05) is 0 Å². The van der Waals surface area contributed by atoms with E-state index >= 15 is 0 Å². The zero-order chi connectivity index (χ0) is 35.4. The zero-order valence-electron chi connectivity index (χ0n) is 32.4. The van der Waals surface area contributed by atoms with Gasteiger partial charge in [0.15, 0.2) is 0 Å². The molecule has 2 unspecified atom stereocenters. The lowest BCUT2D eigenvalue weighted by molar-refractivity contribution is 0.667. The molecule has 0 saturated carbocycles. The van der Waals surface area contributed by atoms with Crippen molar-refractivity contribution in [2.75, 3.05) is 0 Å². The van der Waals surface area contributed by atoms with Crippen molar-refractivity contribution in [2.24, 2.45) is 0 Å². The Morgan fingerprint density at radius 3 is 1.25 bits per heavy atom. The van der Waals surface area contributed by atoms with Crippen molar-refractivity contribution < 1.29 is 0 Å². The first-order valence-electron chi connectivity index (χ1n) is 21.0. The second kappa shape index (κ2) is 18.9. The Hall–Kier alpha value is -3.42. The first-order valence-corrected chi connectivity index (χ1v) is 23.0. The van der Waals surface area contributed by atoms with E-state index in [1.54, 1.807) is 22.3 Å². The highest BCUT2D eigenvalue weighted by molar-refractivity contribution is 6.36. The molecule has 0 aromatic heterocycles. The number of hydrogen-bond donors (Lipinski definition) is 0. The summed E-state index contributed by atoms with van der Waals surface area (Å²) in [4.78, 5) is 0. The van der Waals surface area contributed by atoms with Crippen molar-refractivity contribution in [1.82, 2.24) is 0 Å². The van der Waals surface area contributed by atoms with Crippen LogP contribution in [0.2, 0.25) is 12.1 Å². The third kappa shape index (κ3) is 9.15. The van der Waals surface area contributed by atoms with Gasteiger partial charge in [0.05, 0.1) is 0 Å². The van der Waals surface area contributed by atoms with Crippen LogP contribution in [0.15, 0.2) is 96.1 Å². The molecule has 1 heteroatoms. The van der Waals surface area contributed by atoms with Gasteiger partial charge in [0.1, 0.15) is 0 Å². The second-order valence-electron chi connectivity index (χ2n) is 15.6. The number of unbranched alkanes of at least 4 members (excludes halogenated alkanes) is 6. The molecule has 6 rings (SSSR count). The lowest BCUT2D eigenvalue weighted by Gasteiger charge is -2.21. The third-order valence-corrected chi connectivity index (χ3v) is 13.8. The minimum atomic E-state index is -0.292. The van der Waals surface area contributed by atoms with Crippen molar-refractivity contribution in [2.45, 2.75) is 142 Å². The van der Waals surface area contributed by atoms with Crippen molar-refractivity contribution in [3.8, 4) is 22.3 Å². The van der Waals surface area contributed by atoms with E-state index in [9.17, 15) is 0 Å². The van der Waals surface area contributed by atoms with Gasteiger partial charge in [-0.2, -0.15) is 0 Å². The van der Waals surface area contributed by atoms with Crippen molar-refractivity contribution in [3.05, 3.63) is 129 Å². The van der Waals surface area contributed by atoms with Crippen LogP contribution in [0.4, 0.5) is 0 Å². The van der Waals surface area contributed by atoms with Crippen LogP contribution in [0.1, 0.15) is 150 Å². The van der Waals surface area contributed by atoms with Crippen molar-refractivity contribution in [3.63, 3.8) is 0 Å². The van der Waals surface area contributed by atoms with E-state index in [0.29, 0.717) is 11.8 Å². The summed E-state index contributed by atoms with van der Waals surface area (Å²) >= 11 is 0. The van der Waals surface area contributed by atoms with E-state index in [4.69, 9.17) is 0 Å². The van der Waals surface area contributed by atoms with Gasteiger partial charge in [0, 0.05) is 21.4 Å². The average molecular weight is 693 g/mol. The molecule has 2 atom stereocenters. The van der Waals surface area contributed by atoms with E-state index in [2.05, 4.69) is 125 Å². The highest BCUT2D eigenvalue weighted by Crippen LogP contribution is 2.47. The summed E-state index contributed by atoms with van der Waals surface area (Å²) in [5.41, 5.74) is 18.2. The quantitative estimate of drug-likeness (QED) is 0.0639. The monoisotopic (exact) mass is 692 g/mol. The Kier molecular flexibility index (Phi) is 13.8. The van der Waals surface area contributed by atoms with Crippen LogP contribution in [0, 0.1) is 0 Å². The number of benzene rings is 4. The first-order chi connectivity index (χ1) is 25.1. The second-order valence-corrected chi connectivity index (χ2v) is 17.5. The Morgan fingerprint density at radius 1 is 0.431 bits per heavy atom. The highest BCUT2D eigenvalue weighted by Gasteiger charge is 2.30. The van der Waals surface area contributed by atoms with Gasteiger partial charge < -0.3 is 0 Å². The summed E-state index contributed by atoms with van der Waals surface area (Å²) in [6, 6.07) is 36.1. The molecule has 0 fully saturated rings. The van der Waals surface area contributed by atoms with Crippen LogP contribution in [-0.4, -0.2) is 9.52 Å². The highest BCUT2D eigenvalue weighted by atomic mass is 28.2.